The molecule has 0 spiro atoms. The van der Waals surface area contributed by atoms with Gasteiger partial charge in [-0.2, -0.15) is 0 Å². The summed E-state index contributed by atoms with van der Waals surface area (Å²) in [5, 5.41) is 29.8. The van der Waals surface area contributed by atoms with Crippen LogP contribution >= 0.6 is 0 Å². The van der Waals surface area contributed by atoms with Gasteiger partial charge in [0.05, 0.1) is 12.2 Å². The number of hydrogen-bond acceptors (Lipinski definition) is 3. The summed E-state index contributed by atoms with van der Waals surface area (Å²) in [6.45, 7) is 8.97. The van der Waals surface area contributed by atoms with Gasteiger partial charge in [0, 0.05) is 6.42 Å². The molecule has 0 radical (unpaired) electrons. The van der Waals surface area contributed by atoms with Crippen LogP contribution in [-0.2, 0) is 6.42 Å². The molecule has 3 N–H and O–H groups in total. The summed E-state index contributed by atoms with van der Waals surface area (Å²) < 4.78 is 0. The summed E-state index contributed by atoms with van der Waals surface area (Å²) in [5.41, 5.74) is 4.96. The Bertz CT molecular complexity index is 865. The highest BCUT2D eigenvalue weighted by Crippen LogP contribution is 2.59. The van der Waals surface area contributed by atoms with Gasteiger partial charge in [0.1, 0.15) is 5.75 Å². The fourth-order valence-corrected chi connectivity index (χ4v) is 6.83. The molecule has 3 nitrogen and oxygen atoms in total. The number of aliphatic hydroxyl groups is 2. The molecule has 0 aromatic heterocycles. The van der Waals surface area contributed by atoms with Crippen LogP contribution < -0.4 is 0 Å². The molecular weight excluding hydrogens is 384 g/mol. The molecule has 3 aliphatic carbocycles. The average molecular weight is 423 g/mol. The number of fused-ring (bicyclic) bond motifs is 1. The zero-order chi connectivity index (χ0) is 22.2. The highest BCUT2D eigenvalue weighted by molar-refractivity contribution is 5.38. The van der Waals surface area contributed by atoms with Gasteiger partial charge in [0.2, 0.25) is 0 Å². The molecule has 0 amide bonds. The van der Waals surface area contributed by atoms with Crippen LogP contribution in [0.2, 0.25) is 0 Å². The molecule has 3 aliphatic rings. The molecule has 168 valence electrons. The summed E-state index contributed by atoms with van der Waals surface area (Å²) in [7, 11) is 0. The Morgan fingerprint density at radius 2 is 1.90 bits per heavy atom. The molecule has 0 heterocycles. The average Bonchev–Trinajstić information content (AvgIpc) is 3.09. The van der Waals surface area contributed by atoms with Crippen LogP contribution in [0.25, 0.3) is 0 Å². The van der Waals surface area contributed by atoms with E-state index in [9.17, 15) is 15.3 Å². The molecule has 4 rings (SSSR count). The van der Waals surface area contributed by atoms with Crippen LogP contribution in [-0.4, -0.2) is 27.5 Å². The lowest BCUT2D eigenvalue weighted by Gasteiger charge is -2.44. The first kappa shape index (κ1) is 22.4. The summed E-state index contributed by atoms with van der Waals surface area (Å²) >= 11 is 0. The highest BCUT2D eigenvalue weighted by Gasteiger charge is 2.50. The molecule has 0 bridgehead atoms. The minimum atomic E-state index is -0.623. The van der Waals surface area contributed by atoms with Gasteiger partial charge in [-0.3, -0.25) is 0 Å². The normalized spacial score (nSPS) is 37.2. The van der Waals surface area contributed by atoms with E-state index < -0.39 is 12.2 Å². The Labute approximate surface area is 187 Å². The Hall–Kier alpha value is -1.84. The highest BCUT2D eigenvalue weighted by atomic mass is 16.3. The van der Waals surface area contributed by atoms with E-state index in [1.807, 2.05) is 0 Å². The van der Waals surface area contributed by atoms with Crippen molar-refractivity contribution in [2.75, 3.05) is 0 Å². The molecule has 6 atom stereocenters. The van der Waals surface area contributed by atoms with Gasteiger partial charge in [0.15, 0.2) is 0 Å². The van der Waals surface area contributed by atoms with Crippen molar-refractivity contribution in [3.63, 3.8) is 0 Å². The van der Waals surface area contributed by atoms with Crippen molar-refractivity contribution in [2.45, 2.75) is 77.4 Å². The molecule has 1 aromatic rings. The molecule has 1 aromatic carbocycles. The lowest BCUT2D eigenvalue weighted by molar-refractivity contribution is 0.0862. The number of phenolic OH excluding ortho intramolecular Hbond substituents is 1. The molecule has 0 aliphatic heterocycles. The van der Waals surface area contributed by atoms with Crippen molar-refractivity contribution in [2.24, 2.45) is 23.2 Å². The van der Waals surface area contributed by atoms with Crippen LogP contribution in [0.5, 0.6) is 5.75 Å². The molecule has 0 unspecified atom stereocenters. The number of rotatable bonds is 4. The van der Waals surface area contributed by atoms with Crippen molar-refractivity contribution in [1.29, 1.82) is 0 Å². The van der Waals surface area contributed by atoms with E-state index >= 15 is 0 Å². The van der Waals surface area contributed by atoms with Gasteiger partial charge in [0.25, 0.3) is 0 Å². The first-order valence-corrected chi connectivity index (χ1v) is 12.0. The van der Waals surface area contributed by atoms with E-state index in [0.717, 1.165) is 24.0 Å². The lowest BCUT2D eigenvalue weighted by Crippen LogP contribution is -2.36. The van der Waals surface area contributed by atoms with Crippen LogP contribution in [0, 0.1) is 23.2 Å². The van der Waals surface area contributed by atoms with Gasteiger partial charge >= 0.3 is 0 Å². The van der Waals surface area contributed by atoms with Gasteiger partial charge in [-0.05, 0) is 97.0 Å². The zero-order valence-corrected chi connectivity index (χ0v) is 19.1. The SMILES string of the molecule is C=C1/C(=C\C=C2/CCC[C@]3(C)[C@@H]([C@H](C)Cc4ccc(O)cc4)CC[C@@H]23)C[C@@H](O)C[C@@H]1O. The van der Waals surface area contributed by atoms with Crippen molar-refractivity contribution in [3.05, 3.63) is 65.3 Å². The smallest absolute Gasteiger partial charge is 0.115 e. The maximum Gasteiger partial charge on any atom is 0.115 e. The van der Waals surface area contributed by atoms with Crippen molar-refractivity contribution < 1.29 is 15.3 Å². The Balaban J connectivity index is 1.50. The third-order valence-electron chi connectivity index (χ3n) is 8.48. The second kappa shape index (κ2) is 8.96. The summed E-state index contributed by atoms with van der Waals surface area (Å²) in [5.74, 6) is 2.27. The fourth-order valence-electron chi connectivity index (χ4n) is 6.83. The number of allylic oxidation sites excluding steroid dienone is 3. The van der Waals surface area contributed by atoms with Crippen molar-refractivity contribution >= 4 is 0 Å². The van der Waals surface area contributed by atoms with Gasteiger partial charge in [-0.25, -0.2) is 0 Å². The maximum absolute atomic E-state index is 10.1. The standard InChI is InChI=1S/C28H38O3/c1-18(15-20-6-10-23(29)11-7-20)25-12-13-26-21(5-4-14-28(25,26)3)8-9-22-16-24(30)17-27(31)19(22)2/h6-11,18,24-27,29-31H,2,4-5,12-17H2,1,3H3/b21-8+,22-9-/t18-,24-,25-,26+,27+,28-/m1/s1. The predicted molar refractivity (Wildman–Crippen MR) is 126 cm³/mol. The Morgan fingerprint density at radius 3 is 2.65 bits per heavy atom. The summed E-state index contributed by atoms with van der Waals surface area (Å²) in [4.78, 5) is 0. The van der Waals surface area contributed by atoms with E-state index in [1.165, 1.54) is 31.2 Å². The van der Waals surface area contributed by atoms with E-state index in [1.54, 1.807) is 17.7 Å². The van der Waals surface area contributed by atoms with E-state index in [2.05, 4.69) is 44.7 Å². The lowest BCUT2D eigenvalue weighted by atomic mass is 9.60. The topological polar surface area (TPSA) is 60.7 Å². The van der Waals surface area contributed by atoms with Crippen LogP contribution in [0.15, 0.2) is 59.7 Å². The quantitative estimate of drug-likeness (QED) is 0.582. The molecule has 3 saturated carbocycles. The first-order valence-electron chi connectivity index (χ1n) is 12.0. The fraction of sp³-hybridized carbons (Fsp3) is 0.571. The molecule has 3 heteroatoms. The molecule has 31 heavy (non-hydrogen) atoms. The second-order valence-corrected chi connectivity index (χ2v) is 10.5. The summed E-state index contributed by atoms with van der Waals surface area (Å²) in [6, 6.07) is 7.70. The van der Waals surface area contributed by atoms with Crippen LogP contribution in [0.4, 0.5) is 0 Å². The summed E-state index contributed by atoms with van der Waals surface area (Å²) in [6.07, 6.45) is 11.6. The van der Waals surface area contributed by atoms with E-state index in [0.29, 0.717) is 41.8 Å². The number of phenols is 1. The van der Waals surface area contributed by atoms with Gasteiger partial charge in [-0.15, -0.1) is 0 Å². The van der Waals surface area contributed by atoms with E-state index in [-0.39, 0.29) is 0 Å². The predicted octanol–water partition coefficient (Wildman–Crippen LogP) is 5.71. The molecule has 3 fully saturated rings. The minimum absolute atomic E-state index is 0.334. The maximum atomic E-state index is 10.1. The first-order chi connectivity index (χ1) is 14.8. The van der Waals surface area contributed by atoms with Crippen LogP contribution in [0.1, 0.15) is 64.4 Å². The largest absolute Gasteiger partial charge is 0.508 e. The monoisotopic (exact) mass is 422 g/mol. The van der Waals surface area contributed by atoms with Crippen molar-refractivity contribution in [3.8, 4) is 5.75 Å². The Kier molecular flexibility index (Phi) is 6.46. The third kappa shape index (κ3) is 4.54. The van der Waals surface area contributed by atoms with Crippen LogP contribution in [0.3, 0.4) is 0 Å². The van der Waals surface area contributed by atoms with Crippen molar-refractivity contribution in [1.82, 2.24) is 0 Å². The zero-order valence-electron chi connectivity index (χ0n) is 19.1. The minimum Gasteiger partial charge on any atom is -0.508 e. The Morgan fingerprint density at radius 1 is 1.16 bits per heavy atom. The number of benzene rings is 1. The number of hydrogen-bond donors (Lipinski definition) is 3. The second-order valence-electron chi connectivity index (χ2n) is 10.5. The third-order valence-corrected chi connectivity index (χ3v) is 8.48. The number of aromatic hydroxyl groups is 1. The molecule has 0 saturated heterocycles. The van der Waals surface area contributed by atoms with Gasteiger partial charge < -0.3 is 15.3 Å². The van der Waals surface area contributed by atoms with Gasteiger partial charge in [-0.1, -0.05) is 50.3 Å². The van der Waals surface area contributed by atoms with E-state index in [4.69, 9.17) is 0 Å². The number of aliphatic hydroxyl groups excluding tert-OH is 2. The molecular formula is C28H38O3.